The van der Waals surface area contributed by atoms with Gasteiger partial charge in [-0.3, -0.25) is 0 Å². The van der Waals surface area contributed by atoms with Crippen LogP contribution >= 0.6 is 24.4 Å². The van der Waals surface area contributed by atoms with Gasteiger partial charge in [-0.05, 0) is 51.3 Å². The fraction of sp³-hybridized carbons (Fsp3) is 0.500. The van der Waals surface area contributed by atoms with Crippen molar-refractivity contribution >= 4 is 34.8 Å². The Labute approximate surface area is 131 Å². The molecular formula is C12H22N4O2S2. The molecule has 0 aliphatic heterocycles. The zero-order chi connectivity index (χ0) is 15.8. The van der Waals surface area contributed by atoms with E-state index in [1.807, 2.05) is 11.8 Å². The number of thiocarbonyl (C=S) groups is 2. The lowest BCUT2D eigenvalue weighted by Gasteiger charge is -2.20. The van der Waals surface area contributed by atoms with Crippen LogP contribution in [-0.4, -0.2) is 50.0 Å². The van der Waals surface area contributed by atoms with Gasteiger partial charge in [-0.2, -0.15) is 0 Å². The maximum Gasteiger partial charge on any atom is 0.259 e. The van der Waals surface area contributed by atoms with Crippen LogP contribution in [-0.2, 0) is 4.74 Å². The predicted octanol–water partition coefficient (Wildman–Crippen LogP) is 1.91. The molecule has 1 aromatic rings. The van der Waals surface area contributed by atoms with Crippen LogP contribution in [0.3, 0.4) is 0 Å². The van der Waals surface area contributed by atoms with E-state index in [1.165, 1.54) is 6.33 Å². The van der Waals surface area contributed by atoms with Gasteiger partial charge in [0.2, 0.25) is 0 Å². The molecule has 114 valence electrons. The molecule has 0 fully saturated rings. The SMILES string of the molecule is CCOC(=S)N(CC)CC.NC(O)=S.c1cncnc1. The Balaban J connectivity index is 0. The number of aliphatic hydroxyl groups is 1. The monoisotopic (exact) mass is 318 g/mol. The smallest absolute Gasteiger partial charge is 0.259 e. The highest BCUT2D eigenvalue weighted by Gasteiger charge is 2.03. The Bertz CT molecular complexity index is 318. The fourth-order valence-electron chi connectivity index (χ4n) is 0.950. The molecule has 0 spiro atoms. The molecule has 0 saturated carbocycles. The van der Waals surface area contributed by atoms with Crippen LogP contribution in [0.1, 0.15) is 20.8 Å². The van der Waals surface area contributed by atoms with Crippen LogP contribution in [0.2, 0.25) is 0 Å². The van der Waals surface area contributed by atoms with Crippen molar-refractivity contribution in [1.82, 2.24) is 14.9 Å². The van der Waals surface area contributed by atoms with Crippen molar-refractivity contribution < 1.29 is 9.84 Å². The minimum atomic E-state index is -0.500. The lowest BCUT2D eigenvalue weighted by molar-refractivity contribution is 0.264. The van der Waals surface area contributed by atoms with Gasteiger partial charge in [0.15, 0.2) is 0 Å². The molecule has 0 saturated heterocycles. The van der Waals surface area contributed by atoms with E-state index >= 15 is 0 Å². The number of ether oxygens (including phenoxy) is 1. The van der Waals surface area contributed by atoms with Crippen LogP contribution in [0, 0.1) is 0 Å². The van der Waals surface area contributed by atoms with Crippen molar-refractivity contribution in [3.63, 3.8) is 0 Å². The average Bonchev–Trinajstić information content (AvgIpc) is 2.42. The lowest BCUT2D eigenvalue weighted by atomic mass is 10.6. The summed E-state index contributed by atoms with van der Waals surface area (Å²) in [5, 5.41) is 7.68. The van der Waals surface area contributed by atoms with Crippen molar-refractivity contribution in [2.24, 2.45) is 5.73 Å². The number of nitrogens with two attached hydrogens (primary N) is 1. The topological polar surface area (TPSA) is 84.5 Å². The Morgan fingerprint density at radius 1 is 1.20 bits per heavy atom. The normalized spacial score (nSPS) is 8.15. The minimum absolute atomic E-state index is 0.500. The summed E-state index contributed by atoms with van der Waals surface area (Å²) < 4.78 is 5.14. The molecular weight excluding hydrogens is 296 g/mol. The second-order valence-corrected chi connectivity index (χ2v) is 3.88. The van der Waals surface area contributed by atoms with Crippen molar-refractivity contribution in [3.8, 4) is 0 Å². The number of rotatable bonds is 3. The highest BCUT2D eigenvalue weighted by molar-refractivity contribution is 7.80. The van der Waals surface area contributed by atoms with Gasteiger partial charge in [0.1, 0.15) is 6.33 Å². The lowest BCUT2D eigenvalue weighted by Crippen LogP contribution is -2.30. The molecule has 1 heterocycles. The van der Waals surface area contributed by atoms with Crippen molar-refractivity contribution in [3.05, 3.63) is 24.8 Å². The maximum atomic E-state index is 7.56. The van der Waals surface area contributed by atoms with E-state index < -0.39 is 5.17 Å². The maximum absolute atomic E-state index is 7.56. The number of aliphatic hydroxyl groups excluding tert-OH is 1. The second kappa shape index (κ2) is 15.5. The zero-order valence-corrected chi connectivity index (χ0v) is 13.7. The molecule has 0 radical (unpaired) electrons. The number of hydrogen-bond donors (Lipinski definition) is 2. The molecule has 1 rings (SSSR count). The first-order valence-electron chi connectivity index (χ1n) is 6.09. The third kappa shape index (κ3) is 16.5. The molecule has 6 nitrogen and oxygen atoms in total. The summed E-state index contributed by atoms with van der Waals surface area (Å²) in [6.07, 6.45) is 4.88. The van der Waals surface area contributed by atoms with Crippen LogP contribution in [0.4, 0.5) is 0 Å². The third-order valence-electron chi connectivity index (χ3n) is 1.77. The summed E-state index contributed by atoms with van der Waals surface area (Å²) in [4.78, 5) is 9.36. The fourth-order valence-corrected chi connectivity index (χ4v) is 1.33. The minimum Gasteiger partial charge on any atom is -0.487 e. The molecule has 0 aliphatic rings. The van der Waals surface area contributed by atoms with Crippen LogP contribution in [0.15, 0.2) is 24.8 Å². The van der Waals surface area contributed by atoms with E-state index in [9.17, 15) is 0 Å². The quantitative estimate of drug-likeness (QED) is 0.818. The van der Waals surface area contributed by atoms with Gasteiger partial charge in [0.25, 0.3) is 10.3 Å². The molecule has 0 amide bonds. The summed E-state index contributed by atoms with van der Waals surface area (Å²) >= 11 is 8.85. The molecule has 1 aromatic heterocycles. The molecule has 0 bridgehead atoms. The summed E-state index contributed by atoms with van der Waals surface area (Å²) in [7, 11) is 0. The summed E-state index contributed by atoms with van der Waals surface area (Å²) in [5.74, 6) is 0. The Hall–Kier alpha value is -1.54. The van der Waals surface area contributed by atoms with Crippen molar-refractivity contribution in [1.29, 1.82) is 0 Å². The highest BCUT2D eigenvalue weighted by Crippen LogP contribution is 1.92. The Kier molecular flexibility index (Phi) is 16.1. The third-order valence-corrected chi connectivity index (χ3v) is 2.14. The molecule has 20 heavy (non-hydrogen) atoms. The number of nitrogens with zero attached hydrogens (tertiary/aromatic N) is 3. The van der Waals surface area contributed by atoms with E-state index in [-0.39, 0.29) is 0 Å². The van der Waals surface area contributed by atoms with Crippen molar-refractivity contribution in [2.45, 2.75) is 20.8 Å². The van der Waals surface area contributed by atoms with Gasteiger partial charge in [0, 0.05) is 25.5 Å². The highest BCUT2D eigenvalue weighted by atomic mass is 32.1. The van der Waals surface area contributed by atoms with Gasteiger partial charge in [-0.1, -0.05) is 0 Å². The molecule has 0 aliphatic carbocycles. The molecule has 3 N–H and O–H groups in total. The zero-order valence-electron chi connectivity index (χ0n) is 12.0. The largest absolute Gasteiger partial charge is 0.487 e. The number of hydrogen-bond acceptors (Lipinski definition) is 5. The van der Waals surface area contributed by atoms with E-state index in [2.05, 4.69) is 41.8 Å². The predicted molar refractivity (Wildman–Crippen MR) is 88.6 cm³/mol. The molecule has 0 unspecified atom stereocenters. The van der Waals surface area contributed by atoms with Gasteiger partial charge in [-0.25, -0.2) is 9.97 Å². The molecule has 0 aromatic carbocycles. The Morgan fingerprint density at radius 3 is 1.85 bits per heavy atom. The van der Waals surface area contributed by atoms with Gasteiger partial charge >= 0.3 is 0 Å². The first-order chi connectivity index (χ1) is 9.49. The van der Waals surface area contributed by atoms with E-state index in [4.69, 9.17) is 22.1 Å². The van der Waals surface area contributed by atoms with E-state index in [0.29, 0.717) is 11.8 Å². The van der Waals surface area contributed by atoms with Crippen LogP contribution in [0.25, 0.3) is 0 Å². The van der Waals surface area contributed by atoms with Crippen molar-refractivity contribution in [2.75, 3.05) is 19.7 Å². The van der Waals surface area contributed by atoms with Gasteiger partial charge in [0.05, 0.1) is 6.61 Å². The van der Waals surface area contributed by atoms with E-state index in [1.54, 1.807) is 18.5 Å². The Morgan fingerprint density at radius 2 is 1.65 bits per heavy atom. The van der Waals surface area contributed by atoms with E-state index in [0.717, 1.165) is 13.1 Å². The average molecular weight is 318 g/mol. The van der Waals surface area contributed by atoms with Gasteiger partial charge in [-0.15, -0.1) is 0 Å². The second-order valence-electron chi connectivity index (χ2n) is 3.11. The number of aromatic nitrogens is 2. The van der Waals surface area contributed by atoms with Crippen LogP contribution in [0.5, 0.6) is 0 Å². The first-order valence-corrected chi connectivity index (χ1v) is 6.91. The van der Waals surface area contributed by atoms with Gasteiger partial charge < -0.3 is 20.5 Å². The summed E-state index contributed by atoms with van der Waals surface area (Å²) in [5.41, 5.74) is 4.40. The summed E-state index contributed by atoms with van der Waals surface area (Å²) in [6.45, 7) is 8.58. The molecule has 0 atom stereocenters. The standard InChI is InChI=1S/C7H15NOS.C4H4N2.CH3NOS/c1-4-8(5-2)7(10)9-6-3;1-2-5-4-6-3-1;2-1(3)4/h4-6H2,1-3H3;1-4H;(H3,2,3,4). The van der Waals surface area contributed by atoms with Crippen LogP contribution < -0.4 is 5.73 Å². The summed E-state index contributed by atoms with van der Waals surface area (Å²) in [6, 6.07) is 1.78. The first kappa shape index (κ1) is 20.8. The molecule has 8 heteroatoms.